The van der Waals surface area contributed by atoms with Crippen molar-refractivity contribution in [3.63, 3.8) is 0 Å². The summed E-state index contributed by atoms with van der Waals surface area (Å²) in [4.78, 5) is 24.4. The lowest BCUT2D eigenvalue weighted by Gasteiger charge is -2.15. The lowest BCUT2D eigenvalue weighted by Crippen LogP contribution is -2.28. The Labute approximate surface area is 358 Å². The highest BCUT2D eigenvalue weighted by Crippen LogP contribution is 2.14. The van der Waals surface area contributed by atoms with Gasteiger partial charge in [-0.25, -0.2) is 0 Å². The van der Waals surface area contributed by atoms with E-state index in [2.05, 4.69) is 98.9 Å². The fourth-order valence-corrected chi connectivity index (χ4v) is 6.55. The third kappa shape index (κ3) is 45.8. The van der Waals surface area contributed by atoms with Crippen molar-refractivity contribution in [1.29, 1.82) is 0 Å². The molecule has 5 heteroatoms. The predicted molar refractivity (Wildman–Crippen MR) is 251 cm³/mol. The van der Waals surface area contributed by atoms with Gasteiger partial charge in [-0.05, 0) is 89.9 Å². The Morgan fingerprint density at radius 1 is 0.414 bits per heavy atom. The van der Waals surface area contributed by atoms with Gasteiger partial charge < -0.3 is 14.6 Å². The summed E-state index contributed by atoms with van der Waals surface area (Å²) >= 11 is 0. The van der Waals surface area contributed by atoms with Crippen LogP contribution in [0.5, 0.6) is 0 Å². The molecule has 332 valence electrons. The maximum absolute atomic E-state index is 12.2. The Hall–Kier alpha value is -2.92. The molecule has 0 rings (SSSR count). The fraction of sp³-hybridized carbons (Fsp3) is 0.698. The van der Waals surface area contributed by atoms with E-state index >= 15 is 0 Å². The van der Waals surface area contributed by atoms with E-state index in [0.29, 0.717) is 12.8 Å². The van der Waals surface area contributed by atoms with E-state index in [1.807, 2.05) is 0 Å². The molecule has 0 aromatic rings. The minimum absolute atomic E-state index is 0.0747. The van der Waals surface area contributed by atoms with Gasteiger partial charge >= 0.3 is 11.9 Å². The number of allylic oxidation sites excluding steroid dienone is 14. The van der Waals surface area contributed by atoms with Gasteiger partial charge in [0.2, 0.25) is 0 Å². The number of hydrogen-bond acceptors (Lipinski definition) is 5. The molecule has 1 unspecified atom stereocenters. The standard InChI is InChI=1S/C53H90O5/c1-3-5-7-9-11-13-15-17-19-20-21-22-23-24-25-26-27-28-29-30-31-32-34-36-38-40-42-44-46-48-53(56)58-51(49-54)50-57-52(55)47-45-43-41-39-37-35-33-18-16-14-12-10-8-6-4-2/h5,7,11,13,17-19,21-22,24-25,27-28,33,51,54H,3-4,6,8-10,12,14-16,20,23,26,29-32,34-50H2,1-2H3/b7-5-,13-11-,19-17-,22-21-,25-24-,28-27-,33-18-. The van der Waals surface area contributed by atoms with Gasteiger partial charge in [-0.15, -0.1) is 0 Å². The van der Waals surface area contributed by atoms with Gasteiger partial charge in [-0.3, -0.25) is 9.59 Å². The summed E-state index contributed by atoms with van der Waals surface area (Å²) < 4.78 is 10.6. The average molecular weight is 807 g/mol. The van der Waals surface area contributed by atoms with Gasteiger partial charge in [-0.2, -0.15) is 0 Å². The highest BCUT2D eigenvalue weighted by Gasteiger charge is 2.16. The van der Waals surface area contributed by atoms with Gasteiger partial charge in [0.1, 0.15) is 6.61 Å². The normalized spacial score (nSPS) is 12.9. The Kier molecular flexibility index (Phi) is 46.0. The topological polar surface area (TPSA) is 72.8 Å². The van der Waals surface area contributed by atoms with Gasteiger partial charge in [-0.1, -0.05) is 202 Å². The zero-order chi connectivity index (χ0) is 42.1. The fourth-order valence-electron chi connectivity index (χ4n) is 6.55. The number of rotatable bonds is 43. The molecule has 0 aliphatic rings. The molecule has 0 aliphatic carbocycles. The van der Waals surface area contributed by atoms with Crippen LogP contribution in [0.4, 0.5) is 0 Å². The zero-order valence-electron chi connectivity index (χ0n) is 37.8. The summed E-state index contributed by atoms with van der Waals surface area (Å²) in [7, 11) is 0. The molecule has 0 amide bonds. The first-order chi connectivity index (χ1) is 28.6. The molecule has 0 bridgehead atoms. The van der Waals surface area contributed by atoms with Crippen LogP contribution in [0.15, 0.2) is 85.1 Å². The predicted octanol–water partition coefficient (Wildman–Crippen LogP) is 15.9. The van der Waals surface area contributed by atoms with E-state index in [4.69, 9.17) is 9.47 Å². The number of esters is 2. The molecule has 0 aromatic carbocycles. The first-order valence-electron chi connectivity index (χ1n) is 24.1. The van der Waals surface area contributed by atoms with Crippen molar-refractivity contribution < 1.29 is 24.2 Å². The zero-order valence-corrected chi connectivity index (χ0v) is 37.8. The van der Waals surface area contributed by atoms with Crippen LogP contribution in [0.1, 0.15) is 219 Å². The first-order valence-corrected chi connectivity index (χ1v) is 24.1. The molecular weight excluding hydrogens is 717 g/mol. The number of ether oxygens (including phenoxy) is 2. The molecule has 0 radical (unpaired) electrons. The second kappa shape index (κ2) is 48.4. The molecule has 0 aromatic heterocycles. The van der Waals surface area contributed by atoms with Crippen LogP contribution >= 0.6 is 0 Å². The summed E-state index contributed by atoms with van der Waals surface area (Å²) in [5, 5.41) is 9.60. The van der Waals surface area contributed by atoms with E-state index < -0.39 is 6.10 Å². The van der Waals surface area contributed by atoms with Crippen LogP contribution in [0, 0.1) is 0 Å². The summed E-state index contributed by atoms with van der Waals surface area (Å²) in [5.41, 5.74) is 0. The van der Waals surface area contributed by atoms with Crippen molar-refractivity contribution in [3.05, 3.63) is 85.1 Å². The average Bonchev–Trinajstić information content (AvgIpc) is 3.23. The molecule has 0 heterocycles. The van der Waals surface area contributed by atoms with Crippen molar-refractivity contribution in [3.8, 4) is 0 Å². The van der Waals surface area contributed by atoms with E-state index in [0.717, 1.165) is 83.5 Å². The van der Waals surface area contributed by atoms with Crippen molar-refractivity contribution in [2.75, 3.05) is 13.2 Å². The Morgan fingerprint density at radius 3 is 1.14 bits per heavy atom. The van der Waals surface area contributed by atoms with Gasteiger partial charge in [0.15, 0.2) is 6.10 Å². The largest absolute Gasteiger partial charge is 0.462 e. The molecule has 5 nitrogen and oxygen atoms in total. The summed E-state index contributed by atoms with van der Waals surface area (Å²) in [6.07, 6.45) is 66.6. The van der Waals surface area contributed by atoms with E-state index in [9.17, 15) is 14.7 Å². The number of carbonyl (C=O) groups is 2. The lowest BCUT2D eigenvalue weighted by molar-refractivity contribution is -0.161. The van der Waals surface area contributed by atoms with Gasteiger partial charge in [0.05, 0.1) is 6.61 Å². The maximum Gasteiger partial charge on any atom is 0.306 e. The Balaban J connectivity index is 3.56. The summed E-state index contributed by atoms with van der Waals surface area (Å²) in [6, 6.07) is 0. The molecule has 58 heavy (non-hydrogen) atoms. The van der Waals surface area contributed by atoms with Crippen LogP contribution in [0.25, 0.3) is 0 Å². The Bertz CT molecular complexity index is 1090. The van der Waals surface area contributed by atoms with E-state index in [1.54, 1.807) is 0 Å². The van der Waals surface area contributed by atoms with Crippen molar-refractivity contribution >= 4 is 11.9 Å². The summed E-state index contributed by atoms with van der Waals surface area (Å²) in [6.45, 7) is 4.01. The minimum Gasteiger partial charge on any atom is -0.462 e. The van der Waals surface area contributed by atoms with Crippen LogP contribution in [0.3, 0.4) is 0 Å². The van der Waals surface area contributed by atoms with Crippen molar-refractivity contribution in [1.82, 2.24) is 0 Å². The highest BCUT2D eigenvalue weighted by atomic mass is 16.6. The smallest absolute Gasteiger partial charge is 0.306 e. The molecule has 1 N–H and O–H groups in total. The van der Waals surface area contributed by atoms with Crippen molar-refractivity contribution in [2.45, 2.75) is 225 Å². The molecule has 0 fully saturated rings. The van der Waals surface area contributed by atoms with Gasteiger partial charge in [0.25, 0.3) is 0 Å². The van der Waals surface area contributed by atoms with Crippen LogP contribution in [-0.4, -0.2) is 36.4 Å². The second-order valence-electron chi connectivity index (χ2n) is 15.8. The summed E-state index contributed by atoms with van der Waals surface area (Å²) in [5.74, 6) is -0.607. The highest BCUT2D eigenvalue weighted by molar-refractivity contribution is 5.70. The second-order valence-corrected chi connectivity index (χ2v) is 15.8. The number of carbonyl (C=O) groups excluding carboxylic acids is 2. The molecule has 1 atom stereocenters. The molecule has 0 spiro atoms. The van der Waals surface area contributed by atoms with Crippen LogP contribution < -0.4 is 0 Å². The quantitative estimate of drug-likeness (QED) is 0.0377. The third-order valence-corrected chi connectivity index (χ3v) is 10.2. The SMILES string of the molecule is CC/C=C\C/C=C\C/C=C\C/C=C\C/C=C\C/C=C\CCCCCCCCCCCCC(=O)OC(CO)COC(=O)CCCCCCC/C=C\CCCCCCCC. The monoisotopic (exact) mass is 807 g/mol. The van der Waals surface area contributed by atoms with E-state index in [-0.39, 0.29) is 25.2 Å². The van der Waals surface area contributed by atoms with E-state index in [1.165, 1.54) is 109 Å². The number of aliphatic hydroxyl groups is 1. The van der Waals surface area contributed by atoms with Crippen molar-refractivity contribution in [2.24, 2.45) is 0 Å². The lowest BCUT2D eigenvalue weighted by atomic mass is 10.0. The molecule has 0 aliphatic heterocycles. The van der Waals surface area contributed by atoms with Gasteiger partial charge in [0, 0.05) is 12.8 Å². The minimum atomic E-state index is -0.781. The molecule has 0 saturated heterocycles. The van der Waals surface area contributed by atoms with Crippen LogP contribution in [-0.2, 0) is 19.1 Å². The number of unbranched alkanes of at least 4 members (excludes halogenated alkanes) is 21. The maximum atomic E-state index is 12.2. The number of aliphatic hydroxyl groups excluding tert-OH is 1. The Morgan fingerprint density at radius 2 is 0.741 bits per heavy atom. The first kappa shape index (κ1) is 55.1. The molecule has 0 saturated carbocycles. The van der Waals surface area contributed by atoms with Crippen LogP contribution in [0.2, 0.25) is 0 Å². The molecular formula is C53H90O5. The number of hydrogen-bond donors (Lipinski definition) is 1. The third-order valence-electron chi connectivity index (χ3n) is 10.2.